The van der Waals surface area contributed by atoms with Crippen LogP contribution in [0, 0.1) is 32.5 Å². The summed E-state index contributed by atoms with van der Waals surface area (Å²) in [6.45, 7) is 8.92. The molecule has 0 unspecified atom stereocenters. The van der Waals surface area contributed by atoms with Gasteiger partial charge in [-0.1, -0.05) is 59.7 Å². The number of benzene rings is 2. The van der Waals surface area contributed by atoms with Crippen LogP contribution in [0.15, 0.2) is 53.6 Å². The van der Waals surface area contributed by atoms with Crippen LogP contribution in [0.2, 0.25) is 0 Å². The molecule has 152 valence electrons. The molecular formula is C23H24N6S. The summed E-state index contributed by atoms with van der Waals surface area (Å²) in [4.78, 5) is 0. The summed E-state index contributed by atoms with van der Waals surface area (Å²) in [6.07, 6.45) is 1.81. The van der Waals surface area contributed by atoms with Gasteiger partial charge >= 0.3 is 0 Å². The molecule has 0 amide bonds. The van der Waals surface area contributed by atoms with Gasteiger partial charge in [-0.3, -0.25) is 4.68 Å². The second-order valence-corrected chi connectivity index (χ2v) is 7.89. The quantitative estimate of drug-likeness (QED) is 0.369. The maximum Gasteiger partial charge on any atom is 0.216 e. The van der Waals surface area contributed by atoms with Crippen molar-refractivity contribution in [1.29, 1.82) is 0 Å². The van der Waals surface area contributed by atoms with Gasteiger partial charge in [-0.2, -0.15) is 20.0 Å². The minimum absolute atomic E-state index is 0.448. The third-order valence-corrected chi connectivity index (χ3v) is 5.42. The molecular weight excluding hydrogens is 392 g/mol. The van der Waals surface area contributed by atoms with E-state index in [-0.39, 0.29) is 0 Å². The largest absolute Gasteiger partial charge is 0.265 e. The van der Waals surface area contributed by atoms with E-state index in [1.807, 2.05) is 42.1 Å². The standard InChI is InChI=1S/C23H24N6S/c1-15-5-9-19(10-6-15)14-28-18(4)21(17(3)27-28)13-24-29-22(25-26-23(29)30)20-11-7-16(2)8-12-20/h5-13H,14H2,1-4H3,(H,26,30)/b24-13-. The first-order valence-electron chi connectivity index (χ1n) is 9.81. The summed E-state index contributed by atoms with van der Waals surface area (Å²) in [5.41, 5.74) is 7.58. The van der Waals surface area contributed by atoms with Gasteiger partial charge in [0.2, 0.25) is 4.77 Å². The molecule has 2 heterocycles. The van der Waals surface area contributed by atoms with Crippen LogP contribution >= 0.6 is 12.2 Å². The zero-order valence-corrected chi connectivity index (χ0v) is 18.4. The Hall–Kier alpha value is -3.32. The lowest BCUT2D eigenvalue weighted by Gasteiger charge is -2.05. The number of hydrogen-bond acceptors (Lipinski definition) is 4. The molecule has 30 heavy (non-hydrogen) atoms. The molecule has 0 saturated heterocycles. The number of nitrogens with one attached hydrogen (secondary N) is 1. The van der Waals surface area contributed by atoms with E-state index >= 15 is 0 Å². The van der Waals surface area contributed by atoms with Gasteiger partial charge in [0.25, 0.3) is 0 Å². The Morgan fingerprint density at radius 3 is 2.27 bits per heavy atom. The van der Waals surface area contributed by atoms with E-state index in [4.69, 9.17) is 17.3 Å². The Kier molecular flexibility index (Phi) is 5.46. The number of rotatable bonds is 5. The lowest BCUT2D eigenvalue weighted by molar-refractivity contribution is 0.659. The highest BCUT2D eigenvalue weighted by molar-refractivity contribution is 7.71. The highest BCUT2D eigenvalue weighted by Crippen LogP contribution is 2.19. The van der Waals surface area contributed by atoms with Crippen LogP contribution in [-0.4, -0.2) is 30.9 Å². The van der Waals surface area contributed by atoms with Crippen molar-refractivity contribution < 1.29 is 0 Å². The average Bonchev–Trinajstić information content (AvgIpc) is 3.22. The van der Waals surface area contributed by atoms with Crippen LogP contribution in [0.25, 0.3) is 11.4 Å². The zero-order chi connectivity index (χ0) is 21.3. The summed E-state index contributed by atoms with van der Waals surface area (Å²) < 4.78 is 4.11. The molecule has 0 bridgehead atoms. The van der Waals surface area contributed by atoms with Crippen molar-refractivity contribution >= 4 is 18.4 Å². The Labute approximate surface area is 180 Å². The second-order valence-electron chi connectivity index (χ2n) is 7.50. The fourth-order valence-corrected chi connectivity index (χ4v) is 3.50. The fourth-order valence-electron chi connectivity index (χ4n) is 3.32. The molecule has 0 saturated carbocycles. The van der Waals surface area contributed by atoms with E-state index in [1.165, 1.54) is 16.7 Å². The summed E-state index contributed by atoms with van der Waals surface area (Å²) >= 11 is 5.39. The van der Waals surface area contributed by atoms with E-state index in [9.17, 15) is 0 Å². The summed E-state index contributed by atoms with van der Waals surface area (Å²) in [5.74, 6) is 0.679. The van der Waals surface area contributed by atoms with Crippen LogP contribution < -0.4 is 0 Å². The minimum atomic E-state index is 0.448. The van der Waals surface area contributed by atoms with Gasteiger partial charge in [-0.25, -0.2) is 5.10 Å². The maximum absolute atomic E-state index is 5.39. The monoisotopic (exact) mass is 416 g/mol. The van der Waals surface area contributed by atoms with E-state index in [2.05, 4.69) is 60.3 Å². The predicted molar refractivity (Wildman–Crippen MR) is 123 cm³/mol. The molecule has 0 radical (unpaired) electrons. The SMILES string of the molecule is Cc1ccc(Cn2nc(C)c(/C=N\n3c(-c4ccc(C)cc4)n[nH]c3=S)c2C)cc1. The first kappa shape index (κ1) is 20.0. The van der Waals surface area contributed by atoms with E-state index < -0.39 is 0 Å². The van der Waals surface area contributed by atoms with Crippen LogP contribution in [0.3, 0.4) is 0 Å². The Morgan fingerprint density at radius 1 is 0.967 bits per heavy atom. The van der Waals surface area contributed by atoms with Crippen molar-refractivity contribution in [2.75, 3.05) is 0 Å². The molecule has 7 heteroatoms. The minimum Gasteiger partial charge on any atom is -0.265 e. The molecule has 0 aliphatic rings. The molecule has 0 atom stereocenters. The van der Waals surface area contributed by atoms with E-state index in [0.29, 0.717) is 10.6 Å². The van der Waals surface area contributed by atoms with Crippen molar-refractivity contribution in [2.24, 2.45) is 5.10 Å². The second kappa shape index (κ2) is 8.20. The first-order chi connectivity index (χ1) is 14.4. The predicted octanol–water partition coefficient (Wildman–Crippen LogP) is 4.97. The Balaban J connectivity index is 1.65. The summed E-state index contributed by atoms with van der Waals surface area (Å²) in [7, 11) is 0. The molecule has 0 aliphatic carbocycles. The van der Waals surface area contributed by atoms with Crippen molar-refractivity contribution in [1.82, 2.24) is 24.7 Å². The van der Waals surface area contributed by atoms with Gasteiger partial charge in [0.15, 0.2) is 5.82 Å². The molecule has 6 nitrogen and oxygen atoms in total. The van der Waals surface area contributed by atoms with Crippen LogP contribution in [0.1, 0.15) is 33.6 Å². The molecule has 2 aromatic carbocycles. The Bertz CT molecular complexity index is 1260. The van der Waals surface area contributed by atoms with Gasteiger partial charge in [-0.15, -0.1) is 0 Å². The van der Waals surface area contributed by atoms with Crippen molar-refractivity contribution in [3.8, 4) is 11.4 Å². The highest BCUT2D eigenvalue weighted by Gasteiger charge is 2.12. The third-order valence-electron chi connectivity index (χ3n) is 5.15. The van der Waals surface area contributed by atoms with Crippen molar-refractivity contribution in [3.05, 3.63) is 86.9 Å². The highest BCUT2D eigenvalue weighted by atomic mass is 32.1. The number of aromatic amines is 1. The van der Waals surface area contributed by atoms with Crippen LogP contribution in [0.5, 0.6) is 0 Å². The number of aromatic nitrogens is 5. The van der Waals surface area contributed by atoms with Crippen LogP contribution in [-0.2, 0) is 6.54 Å². The van der Waals surface area contributed by atoms with E-state index in [0.717, 1.165) is 29.1 Å². The van der Waals surface area contributed by atoms with Crippen molar-refractivity contribution in [3.63, 3.8) is 0 Å². The number of hydrogen-bond donors (Lipinski definition) is 1. The van der Waals surface area contributed by atoms with Crippen LogP contribution in [0.4, 0.5) is 0 Å². The molecule has 4 aromatic rings. The summed E-state index contributed by atoms with van der Waals surface area (Å²) in [6, 6.07) is 16.6. The summed E-state index contributed by atoms with van der Waals surface area (Å²) in [5, 5.41) is 16.5. The van der Waals surface area contributed by atoms with Gasteiger partial charge < -0.3 is 0 Å². The lowest BCUT2D eigenvalue weighted by Crippen LogP contribution is -2.04. The smallest absolute Gasteiger partial charge is 0.216 e. The fraction of sp³-hybridized carbons (Fsp3) is 0.217. The van der Waals surface area contributed by atoms with Gasteiger partial charge in [0.1, 0.15) is 0 Å². The Morgan fingerprint density at radius 2 is 1.60 bits per heavy atom. The van der Waals surface area contributed by atoms with Crippen molar-refractivity contribution in [2.45, 2.75) is 34.2 Å². The van der Waals surface area contributed by atoms with Gasteiger partial charge in [0.05, 0.1) is 18.5 Å². The normalized spacial score (nSPS) is 11.5. The average molecular weight is 417 g/mol. The first-order valence-corrected chi connectivity index (χ1v) is 10.2. The zero-order valence-electron chi connectivity index (χ0n) is 17.5. The molecule has 0 aliphatic heterocycles. The molecule has 2 aromatic heterocycles. The number of H-pyrrole nitrogens is 1. The molecule has 0 fully saturated rings. The number of nitrogens with zero attached hydrogens (tertiary/aromatic N) is 5. The third kappa shape index (κ3) is 4.02. The molecule has 1 N–H and O–H groups in total. The molecule has 4 rings (SSSR count). The van der Waals surface area contributed by atoms with E-state index in [1.54, 1.807) is 4.68 Å². The number of aryl methyl sites for hydroxylation is 3. The molecule has 0 spiro atoms. The van der Waals surface area contributed by atoms with Gasteiger partial charge in [-0.05, 0) is 45.5 Å². The lowest BCUT2D eigenvalue weighted by atomic mass is 10.1. The maximum atomic E-state index is 5.39. The van der Waals surface area contributed by atoms with Gasteiger partial charge in [0, 0.05) is 16.8 Å². The topological polar surface area (TPSA) is 63.8 Å².